The lowest BCUT2D eigenvalue weighted by Gasteiger charge is -2.09. The highest BCUT2D eigenvalue weighted by Crippen LogP contribution is 2.27. The average molecular weight is 504 g/mol. The fourth-order valence-electron chi connectivity index (χ4n) is 2.80. The van der Waals surface area contributed by atoms with Crippen LogP contribution in [-0.4, -0.2) is 26.4 Å². The van der Waals surface area contributed by atoms with Gasteiger partial charge >= 0.3 is 0 Å². The number of anilines is 1. The van der Waals surface area contributed by atoms with Crippen molar-refractivity contribution in [2.45, 2.75) is 11.7 Å². The molecule has 0 saturated carbocycles. The van der Waals surface area contributed by atoms with Crippen molar-refractivity contribution < 1.29 is 9.21 Å². The van der Waals surface area contributed by atoms with Gasteiger partial charge < -0.3 is 9.73 Å². The van der Waals surface area contributed by atoms with Gasteiger partial charge in [0.25, 0.3) is 0 Å². The number of thioether (sulfide) groups is 1. The Labute approximate surface area is 190 Å². The summed E-state index contributed by atoms with van der Waals surface area (Å²) in [6.45, 7) is 0.443. The first-order chi connectivity index (χ1) is 14.6. The summed E-state index contributed by atoms with van der Waals surface area (Å²) in [7, 11) is 0. The summed E-state index contributed by atoms with van der Waals surface area (Å²) in [5.74, 6) is 1.49. The summed E-state index contributed by atoms with van der Waals surface area (Å²) >= 11 is 10.8. The minimum absolute atomic E-state index is 0.126. The summed E-state index contributed by atoms with van der Waals surface area (Å²) in [5, 5.41) is 12.7. The second kappa shape index (κ2) is 9.51. The number of hydrogen-bond acceptors (Lipinski definition) is 5. The molecule has 1 amide bonds. The maximum Gasteiger partial charge on any atom is 0.234 e. The molecule has 2 aromatic carbocycles. The highest BCUT2D eigenvalue weighted by Gasteiger charge is 2.17. The largest absolute Gasteiger partial charge is 0.467 e. The number of furan rings is 1. The molecule has 30 heavy (non-hydrogen) atoms. The molecule has 2 heterocycles. The third-order valence-electron chi connectivity index (χ3n) is 4.15. The first kappa shape index (κ1) is 20.7. The van der Waals surface area contributed by atoms with Crippen molar-refractivity contribution in [2.24, 2.45) is 0 Å². The number of benzene rings is 2. The number of carbonyl (C=O) groups is 1. The first-order valence-corrected chi connectivity index (χ1v) is 11.1. The quantitative estimate of drug-likeness (QED) is 0.326. The molecule has 2 aromatic heterocycles. The molecule has 9 heteroatoms. The zero-order valence-electron chi connectivity index (χ0n) is 15.6. The maximum absolute atomic E-state index is 12.4. The van der Waals surface area contributed by atoms with Crippen LogP contribution in [0.25, 0.3) is 11.4 Å². The van der Waals surface area contributed by atoms with Crippen LogP contribution in [0.1, 0.15) is 5.76 Å². The van der Waals surface area contributed by atoms with Gasteiger partial charge in [0.05, 0.1) is 18.6 Å². The molecule has 0 aliphatic heterocycles. The Morgan fingerprint density at radius 3 is 2.70 bits per heavy atom. The second-order valence-electron chi connectivity index (χ2n) is 6.33. The molecule has 0 atom stereocenters. The van der Waals surface area contributed by atoms with Crippen LogP contribution >= 0.6 is 39.3 Å². The number of nitrogens with zero attached hydrogens (tertiary/aromatic N) is 3. The third-order valence-corrected chi connectivity index (χ3v) is 5.88. The van der Waals surface area contributed by atoms with Gasteiger partial charge in [-0.15, -0.1) is 10.2 Å². The van der Waals surface area contributed by atoms with E-state index in [9.17, 15) is 4.79 Å². The van der Waals surface area contributed by atoms with Gasteiger partial charge in [0, 0.05) is 20.7 Å². The Balaban J connectivity index is 1.53. The molecule has 152 valence electrons. The normalized spacial score (nSPS) is 10.9. The summed E-state index contributed by atoms with van der Waals surface area (Å²) in [6, 6.07) is 18.6. The topological polar surface area (TPSA) is 73.0 Å². The summed E-state index contributed by atoms with van der Waals surface area (Å²) in [6.07, 6.45) is 1.62. The van der Waals surface area contributed by atoms with E-state index in [1.165, 1.54) is 11.8 Å². The molecule has 1 N–H and O–H groups in total. The monoisotopic (exact) mass is 502 g/mol. The fourth-order valence-corrected chi connectivity index (χ4v) is 3.99. The second-order valence-corrected chi connectivity index (χ2v) is 8.62. The Morgan fingerprint density at radius 2 is 1.97 bits per heavy atom. The van der Waals surface area contributed by atoms with E-state index in [-0.39, 0.29) is 11.7 Å². The minimum atomic E-state index is -0.126. The molecule has 0 spiro atoms. The van der Waals surface area contributed by atoms with Crippen LogP contribution in [0.2, 0.25) is 5.02 Å². The standard InChI is InChI=1S/C21H16BrClN4O2S/c22-15-6-8-17(9-7-15)24-19(28)13-30-21-26-25-20(14-3-1-4-16(23)11-14)27(21)12-18-5-2-10-29-18/h1-11H,12-13H2,(H,24,28). The van der Waals surface area contributed by atoms with Crippen molar-refractivity contribution in [2.75, 3.05) is 11.1 Å². The van der Waals surface area contributed by atoms with E-state index in [2.05, 4.69) is 31.4 Å². The van der Waals surface area contributed by atoms with Crippen molar-refractivity contribution in [3.05, 3.63) is 82.2 Å². The van der Waals surface area contributed by atoms with Crippen molar-refractivity contribution in [1.29, 1.82) is 0 Å². The number of aromatic nitrogens is 3. The van der Waals surface area contributed by atoms with Gasteiger partial charge in [-0.2, -0.15) is 0 Å². The van der Waals surface area contributed by atoms with Gasteiger partial charge in [-0.25, -0.2) is 0 Å². The average Bonchev–Trinajstić information content (AvgIpc) is 3.39. The van der Waals surface area contributed by atoms with Crippen LogP contribution < -0.4 is 5.32 Å². The molecule has 0 radical (unpaired) electrons. The van der Waals surface area contributed by atoms with E-state index < -0.39 is 0 Å². The van der Waals surface area contributed by atoms with Gasteiger partial charge in [0.15, 0.2) is 11.0 Å². The van der Waals surface area contributed by atoms with Gasteiger partial charge in [0.1, 0.15) is 5.76 Å². The van der Waals surface area contributed by atoms with Crippen LogP contribution in [0.3, 0.4) is 0 Å². The number of carbonyl (C=O) groups excluding carboxylic acids is 1. The van der Waals surface area contributed by atoms with Gasteiger partial charge in [-0.05, 0) is 48.5 Å². The van der Waals surface area contributed by atoms with Crippen LogP contribution in [0.5, 0.6) is 0 Å². The molecule has 0 unspecified atom stereocenters. The van der Waals surface area contributed by atoms with Crippen LogP contribution in [0.15, 0.2) is 81.0 Å². The van der Waals surface area contributed by atoms with E-state index in [0.29, 0.717) is 22.5 Å². The van der Waals surface area contributed by atoms with Crippen LogP contribution in [-0.2, 0) is 11.3 Å². The Bertz CT molecular complexity index is 1150. The predicted octanol–water partition coefficient (Wildman–Crippen LogP) is 5.73. The van der Waals surface area contributed by atoms with Crippen molar-refractivity contribution in [3.8, 4) is 11.4 Å². The number of nitrogens with one attached hydrogen (secondary N) is 1. The Hall–Kier alpha value is -2.55. The molecule has 4 aromatic rings. The zero-order chi connectivity index (χ0) is 20.9. The van der Waals surface area contributed by atoms with Crippen LogP contribution in [0.4, 0.5) is 5.69 Å². The Kier molecular flexibility index (Phi) is 6.56. The summed E-state index contributed by atoms with van der Waals surface area (Å²) < 4.78 is 8.37. The number of rotatable bonds is 7. The predicted molar refractivity (Wildman–Crippen MR) is 122 cm³/mol. The van der Waals surface area contributed by atoms with Crippen molar-refractivity contribution in [3.63, 3.8) is 0 Å². The lowest BCUT2D eigenvalue weighted by Crippen LogP contribution is -2.14. The molecule has 4 rings (SSSR count). The number of hydrogen-bond donors (Lipinski definition) is 1. The minimum Gasteiger partial charge on any atom is -0.467 e. The van der Waals surface area contributed by atoms with Gasteiger partial charge in [-0.3, -0.25) is 9.36 Å². The number of halogens is 2. The zero-order valence-corrected chi connectivity index (χ0v) is 18.7. The highest BCUT2D eigenvalue weighted by atomic mass is 79.9. The molecule has 0 bridgehead atoms. The van der Waals surface area contributed by atoms with Gasteiger partial charge in [0.2, 0.25) is 5.91 Å². The molecule has 0 saturated heterocycles. The summed E-state index contributed by atoms with van der Waals surface area (Å²) in [4.78, 5) is 12.4. The van der Waals surface area contributed by atoms with Crippen LogP contribution in [0, 0.1) is 0 Å². The smallest absolute Gasteiger partial charge is 0.234 e. The molecule has 6 nitrogen and oxygen atoms in total. The lowest BCUT2D eigenvalue weighted by atomic mass is 10.2. The third kappa shape index (κ3) is 5.13. The van der Waals surface area contributed by atoms with Gasteiger partial charge in [-0.1, -0.05) is 51.4 Å². The van der Waals surface area contributed by atoms with E-state index in [0.717, 1.165) is 21.5 Å². The molecule has 0 fully saturated rings. The van der Waals surface area contributed by atoms with E-state index in [4.69, 9.17) is 16.0 Å². The molecular formula is C21H16BrClN4O2S. The van der Waals surface area contributed by atoms with E-state index in [1.54, 1.807) is 12.3 Å². The molecular weight excluding hydrogens is 488 g/mol. The van der Waals surface area contributed by atoms with Crippen molar-refractivity contribution in [1.82, 2.24) is 14.8 Å². The highest BCUT2D eigenvalue weighted by molar-refractivity contribution is 9.10. The summed E-state index contributed by atoms with van der Waals surface area (Å²) in [5.41, 5.74) is 1.58. The lowest BCUT2D eigenvalue weighted by molar-refractivity contribution is -0.113. The fraction of sp³-hybridized carbons (Fsp3) is 0.0952. The Morgan fingerprint density at radius 1 is 1.13 bits per heavy atom. The molecule has 0 aliphatic carbocycles. The SMILES string of the molecule is O=C(CSc1nnc(-c2cccc(Cl)c2)n1Cc1ccco1)Nc1ccc(Br)cc1. The van der Waals surface area contributed by atoms with E-state index in [1.807, 2.05) is 59.2 Å². The first-order valence-electron chi connectivity index (χ1n) is 8.98. The van der Waals surface area contributed by atoms with E-state index >= 15 is 0 Å². The van der Waals surface area contributed by atoms with Crippen molar-refractivity contribution >= 4 is 50.9 Å². The molecule has 0 aliphatic rings. The maximum atomic E-state index is 12.4. The number of amides is 1.